The van der Waals surface area contributed by atoms with Crippen molar-refractivity contribution in [2.75, 3.05) is 5.32 Å². The summed E-state index contributed by atoms with van der Waals surface area (Å²) in [7, 11) is 0. The van der Waals surface area contributed by atoms with Gasteiger partial charge < -0.3 is 5.32 Å². The van der Waals surface area contributed by atoms with Gasteiger partial charge >= 0.3 is 0 Å². The Labute approximate surface area is 145 Å². The quantitative estimate of drug-likeness (QED) is 0.764. The average molecular weight is 335 g/mol. The van der Waals surface area contributed by atoms with Crippen LogP contribution in [0, 0.1) is 5.82 Å². The minimum Gasteiger partial charge on any atom is -0.326 e. The van der Waals surface area contributed by atoms with Gasteiger partial charge in [-0.15, -0.1) is 0 Å². The number of anilines is 1. The summed E-state index contributed by atoms with van der Waals surface area (Å²) in [5.41, 5.74) is 3.15. The molecule has 0 atom stereocenters. The first-order chi connectivity index (χ1) is 12.2. The first-order valence-electron chi connectivity index (χ1n) is 8.38. The first-order valence-corrected chi connectivity index (χ1v) is 8.38. The van der Waals surface area contributed by atoms with Crippen LogP contribution < -0.4 is 5.32 Å². The number of rotatable bonds is 5. The summed E-state index contributed by atoms with van der Waals surface area (Å²) in [6.07, 6.45) is 4.42. The van der Waals surface area contributed by atoms with E-state index in [-0.39, 0.29) is 18.1 Å². The number of halogens is 1. The number of hydrogen-bond acceptors (Lipinski definition) is 2. The Morgan fingerprint density at radius 1 is 1.12 bits per heavy atom. The van der Waals surface area contributed by atoms with Crippen LogP contribution >= 0.6 is 0 Å². The van der Waals surface area contributed by atoms with E-state index < -0.39 is 0 Å². The smallest absolute Gasteiger partial charge is 0.228 e. The third kappa shape index (κ3) is 3.60. The number of carbonyl (C=O) groups is 1. The van der Waals surface area contributed by atoms with Crippen molar-refractivity contribution in [3.63, 3.8) is 0 Å². The van der Waals surface area contributed by atoms with Crippen molar-refractivity contribution in [3.05, 3.63) is 77.9 Å². The zero-order valence-corrected chi connectivity index (χ0v) is 13.7. The standard InChI is InChI=1S/C20H18FN3O/c21-18-4-2-1-3-15(18)13-20(25)22-16-7-9-17(10-8-16)24-12-11-19(23-24)14-5-6-14/h1-4,7-12,14H,5-6,13H2,(H,22,25). The molecule has 1 heterocycles. The lowest BCUT2D eigenvalue weighted by atomic mass is 10.1. The highest BCUT2D eigenvalue weighted by atomic mass is 19.1. The van der Waals surface area contributed by atoms with Crippen LogP contribution in [0.2, 0.25) is 0 Å². The second-order valence-electron chi connectivity index (χ2n) is 6.32. The normalized spacial score (nSPS) is 13.6. The maximum Gasteiger partial charge on any atom is 0.228 e. The molecule has 0 unspecified atom stereocenters. The third-order valence-electron chi connectivity index (χ3n) is 4.33. The van der Waals surface area contributed by atoms with Crippen LogP contribution in [0.3, 0.4) is 0 Å². The molecule has 1 aliphatic rings. The molecular formula is C20H18FN3O. The van der Waals surface area contributed by atoms with Gasteiger partial charge in [-0.3, -0.25) is 4.79 Å². The molecule has 0 saturated heterocycles. The van der Waals surface area contributed by atoms with Crippen LogP contribution in [0.25, 0.3) is 5.69 Å². The molecule has 0 spiro atoms. The molecule has 0 radical (unpaired) electrons. The molecule has 5 heteroatoms. The number of aromatic nitrogens is 2. The van der Waals surface area contributed by atoms with Crippen molar-refractivity contribution in [3.8, 4) is 5.69 Å². The topological polar surface area (TPSA) is 46.9 Å². The number of benzene rings is 2. The van der Waals surface area contributed by atoms with E-state index in [1.165, 1.54) is 18.9 Å². The van der Waals surface area contributed by atoms with Gasteiger partial charge in [0.05, 0.1) is 17.8 Å². The number of carbonyl (C=O) groups excluding carboxylic acids is 1. The average Bonchev–Trinajstić information content (AvgIpc) is 3.35. The van der Waals surface area contributed by atoms with E-state index >= 15 is 0 Å². The van der Waals surface area contributed by atoms with Crippen LogP contribution in [0.15, 0.2) is 60.8 Å². The van der Waals surface area contributed by atoms with Gasteiger partial charge in [0.15, 0.2) is 0 Å². The van der Waals surface area contributed by atoms with E-state index in [1.54, 1.807) is 18.2 Å². The summed E-state index contributed by atoms with van der Waals surface area (Å²) >= 11 is 0. The minimum absolute atomic E-state index is 0.0122. The monoisotopic (exact) mass is 335 g/mol. The SMILES string of the molecule is O=C(Cc1ccccc1F)Nc1ccc(-n2ccc(C3CC3)n2)cc1. The lowest BCUT2D eigenvalue weighted by Crippen LogP contribution is -2.15. The molecule has 25 heavy (non-hydrogen) atoms. The van der Waals surface area contributed by atoms with Gasteiger partial charge in [0.1, 0.15) is 5.82 Å². The van der Waals surface area contributed by atoms with Crippen LogP contribution in [0.1, 0.15) is 30.0 Å². The highest BCUT2D eigenvalue weighted by Crippen LogP contribution is 2.39. The van der Waals surface area contributed by atoms with Crippen molar-refractivity contribution in [1.29, 1.82) is 0 Å². The maximum atomic E-state index is 13.6. The molecule has 1 N–H and O–H groups in total. The molecule has 1 amide bonds. The highest BCUT2D eigenvalue weighted by molar-refractivity contribution is 5.92. The Hall–Kier alpha value is -2.95. The molecule has 4 rings (SSSR count). The zero-order chi connectivity index (χ0) is 17.2. The number of hydrogen-bond donors (Lipinski definition) is 1. The van der Waals surface area contributed by atoms with Crippen LogP contribution in [-0.4, -0.2) is 15.7 Å². The van der Waals surface area contributed by atoms with Gasteiger partial charge in [-0.25, -0.2) is 9.07 Å². The van der Waals surface area contributed by atoms with Gasteiger partial charge in [0.2, 0.25) is 5.91 Å². The Balaban J connectivity index is 1.41. The first kappa shape index (κ1) is 15.6. The van der Waals surface area contributed by atoms with Gasteiger partial charge in [0.25, 0.3) is 0 Å². The van der Waals surface area contributed by atoms with E-state index in [0.717, 1.165) is 11.4 Å². The molecule has 1 aliphatic carbocycles. The van der Waals surface area contributed by atoms with E-state index in [0.29, 0.717) is 17.2 Å². The summed E-state index contributed by atoms with van der Waals surface area (Å²) in [5.74, 6) is 0.0179. The third-order valence-corrected chi connectivity index (χ3v) is 4.33. The molecule has 1 saturated carbocycles. The number of nitrogens with one attached hydrogen (secondary N) is 1. The summed E-state index contributed by atoms with van der Waals surface area (Å²) < 4.78 is 15.4. The van der Waals surface area contributed by atoms with Gasteiger partial charge in [-0.05, 0) is 54.8 Å². The predicted molar refractivity (Wildman–Crippen MR) is 94.3 cm³/mol. The largest absolute Gasteiger partial charge is 0.326 e. The molecule has 1 aromatic heterocycles. The lowest BCUT2D eigenvalue weighted by Gasteiger charge is -2.07. The molecule has 4 nitrogen and oxygen atoms in total. The zero-order valence-electron chi connectivity index (χ0n) is 13.7. The van der Waals surface area contributed by atoms with Crippen LogP contribution in [0.5, 0.6) is 0 Å². The van der Waals surface area contributed by atoms with Crippen LogP contribution in [-0.2, 0) is 11.2 Å². The fourth-order valence-corrected chi connectivity index (χ4v) is 2.80. The maximum absolute atomic E-state index is 13.6. The Morgan fingerprint density at radius 3 is 2.60 bits per heavy atom. The second-order valence-corrected chi connectivity index (χ2v) is 6.32. The van der Waals surface area contributed by atoms with E-state index in [2.05, 4.69) is 16.5 Å². The Morgan fingerprint density at radius 2 is 1.88 bits per heavy atom. The minimum atomic E-state index is -0.363. The summed E-state index contributed by atoms with van der Waals surface area (Å²) in [6.45, 7) is 0. The number of nitrogens with zero attached hydrogens (tertiary/aromatic N) is 2. The summed E-state index contributed by atoms with van der Waals surface area (Å²) in [4.78, 5) is 12.1. The second kappa shape index (κ2) is 6.51. The molecule has 0 aliphatic heterocycles. The summed E-state index contributed by atoms with van der Waals surface area (Å²) in [6, 6.07) is 15.8. The van der Waals surface area contributed by atoms with Crippen molar-refractivity contribution in [2.45, 2.75) is 25.2 Å². The molecule has 1 fully saturated rings. The molecule has 2 aromatic carbocycles. The molecule has 126 valence electrons. The van der Waals surface area contributed by atoms with Crippen molar-refractivity contribution >= 4 is 11.6 Å². The molecule has 0 bridgehead atoms. The lowest BCUT2D eigenvalue weighted by molar-refractivity contribution is -0.115. The Kier molecular flexibility index (Phi) is 4.06. The van der Waals surface area contributed by atoms with E-state index in [9.17, 15) is 9.18 Å². The predicted octanol–water partition coefficient (Wildman–Crippen LogP) is 4.07. The highest BCUT2D eigenvalue weighted by Gasteiger charge is 2.25. The fourth-order valence-electron chi connectivity index (χ4n) is 2.80. The van der Waals surface area contributed by atoms with Gasteiger partial charge in [-0.1, -0.05) is 18.2 Å². The van der Waals surface area contributed by atoms with Crippen molar-refractivity contribution < 1.29 is 9.18 Å². The number of amides is 1. The Bertz CT molecular complexity index is 897. The summed E-state index contributed by atoms with van der Waals surface area (Å²) in [5, 5.41) is 7.38. The van der Waals surface area contributed by atoms with Crippen LogP contribution in [0.4, 0.5) is 10.1 Å². The van der Waals surface area contributed by atoms with Crippen molar-refractivity contribution in [2.24, 2.45) is 0 Å². The molecule has 3 aromatic rings. The van der Waals surface area contributed by atoms with E-state index in [1.807, 2.05) is 35.1 Å². The molecular weight excluding hydrogens is 317 g/mol. The van der Waals surface area contributed by atoms with Gasteiger partial charge in [-0.2, -0.15) is 5.10 Å². The fraction of sp³-hybridized carbons (Fsp3) is 0.200. The van der Waals surface area contributed by atoms with Gasteiger partial charge in [0, 0.05) is 17.8 Å². The van der Waals surface area contributed by atoms with E-state index in [4.69, 9.17) is 0 Å². The van der Waals surface area contributed by atoms with Crippen molar-refractivity contribution in [1.82, 2.24) is 9.78 Å².